The van der Waals surface area contributed by atoms with Crippen molar-refractivity contribution < 1.29 is 13.9 Å². The van der Waals surface area contributed by atoms with Gasteiger partial charge in [-0.25, -0.2) is 0 Å². The molecule has 4 nitrogen and oxygen atoms in total. The first-order valence-corrected chi connectivity index (χ1v) is 11.6. The van der Waals surface area contributed by atoms with Crippen LogP contribution in [0.15, 0.2) is 28.9 Å². The lowest BCUT2D eigenvalue weighted by molar-refractivity contribution is -0.168. The molecule has 2 fully saturated rings. The maximum Gasteiger partial charge on any atom is 0.311 e. The number of carbonyl (C=O) groups is 1. The van der Waals surface area contributed by atoms with E-state index in [1.54, 1.807) is 0 Å². The quantitative estimate of drug-likeness (QED) is 0.454. The highest BCUT2D eigenvalue weighted by atomic mass is 16.5. The molecule has 168 valence electrons. The molecule has 4 atom stereocenters. The van der Waals surface area contributed by atoms with E-state index in [9.17, 15) is 4.79 Å². The molecule has 3 rings (SSSR count). The summed E-state index contributed by atoms with van der Waals surface area (Å²) in [6, 6.07) is 2.12. The zero-order chi connectivity index (χ0) is 22.2. The number of ether oxygens (including phenoxy) is 1. The molecular weight excluding hydrogens is 374 g/mol. The van der Waals surface area contributed by atoms with E-state index in [1.165, 1.54) is 18.2 Å². The van der Waals surface area contributed by atoms with E-state index in [2.05, 4.69) is 52.6 Å². The maximum absolute atomic E-state index is 12.8. The van der Waals surface area contributed by atoms with Crippen molar-refractivity contribution >= 4 is 5.97 Å². The molecule has 0 radical (unpaired) electrons. The van der Waals surface area contributed by atoms with Gasteiger partial charge in [0.15, 0.2) is 0 Å². The molecule has 0 amide bonds. The van der Waals surface area contributed by atoms with Crippen molar-refractivity contribution in [3.8, 4) is 0 Å². The third kappa shape index (κ3) is 4.39. The molecule has 0 unspecified atom stereocenters. The number of fused-ring (bicyclic) bond motifs is 1. The summed E-state index contributed by atoms with van der Waals surface area (Å²) < 4.78 is 11.0. The average Bonchev–Trinajstić information content (AvgIpc) is 3.11. The summed E-state index contributed by atoms with van der Waals surface area (Å²) in [5.41, 5.74) is 2.43. The van der Waals surface area contributed by atoms with Crippen molar-refractivity contribution in [1.29, 1.82) is 0 Å². The molecule has 2 aliphatic carbocycles. The first kappa shape index (κ1) is 23.1. The fraction of sp³-hybridized carbons (Fsp3) is 0.731. The van der Waals surface area contributed by atoms with Gasteiger partial charge in [-0.2, -0.15) is 0 Å². The Labute approximate surface area is 182 Å². The number of hydrogen-bond donors (Lipinski definition) is 1. The summed E-state index contributed by atoms with van der Waals surface area (Å²) in [5, 5.41) is 3.53. The van der Waals surface area contributed by atoms with Crippen LogP contribution >= 0.6 is 0 Å². The van der Waals surface area contributed by atoms with Gasteiger partial charge in [0.25, 0.3) is 0 Å². The summed E-state index contributed by atoms with van der Waals surface area (Å²) >= 11 is 0. The fourth-order valence-electron chi connectivity index (χ4n) is 6.35. The molecule has 0 aromatic carbocycles. The number of allylic oxidation sites excluding steroid dienone is 1. The average molecular weight is 416 g/mol. The monoisotopic (exact) mass is 415 g/mol. The standard InChI is InChI=1S/C26H41NO3/c1-18-9-12-22-25(5,14-8-15-26(22,6)23(28)29-7)20(18)11-10-19-13-16-30-21(19)17-27-24(2,3)4/h13,16,20,22,27H,1,8-12,14-15,17H2,2-7H3/t20-,22+,25+,26-/m0/s1. The van der Waals surface area contributed by atoms with Crippen LogP contribution in [0, 0.1) is 22.7 Å². The molecule has 0 bridgehead atoms. The number of furan rings is 1. The van der Waals surface area contributed by atoms with Crippen molar-refractivity contribution in [1.82, 2.24) is 5.32 Å². The Morgan fingerprint density at radius 2 is 2.07 bits per heavy atom. The van der Waals surface area contributed by atoms with Crippen LogP contribution in [0.2, 0.25) is 0 Å². The van der Waals surface area contributed by atoms with Crippen LogP contribution in [-0.4, -0.2) is 18.6 Å². The second kappa shape index (κ2) is 8.53. The number of nitrogens with one attached hydrogen (secondary N) is 1. The zero-order valence-corrected chi connectivity index (χ0v) is 19.9. The van der Waals surface area contributed by atoms with E-state index in [-0.39, 0.29) is 22.3 Å². The largest absolute Gasteiger partial charge is 0.469 e. The lowest BCUT2D eigenvalue weighted by Crippen LogP contribution is -2.53. The molecule has 0 saturated heterocycles. The lowest BCUT2D eigenvalue weighted by atomic mass is 9.46. The van der Waals surface area contributed by atoms with E-state index in [4.69, 9.17) is 9.15 Å². The molecule has 1 N–H and O–H groups in total. The van der Waals surface area contributed by atoms with E-state index in [1.807, 2.05) is 6.26 Å². The van der Waals surface area contributed by atoms with Gasteiger partial charge in [-0.1, -0.05) is 25.5 Å². The minimum atomic E-state index is -0.377. The molecule has 30 heavy (non-hydrogen) atoms. The normalized spacial score (nSPS) is 32.0. The molecule has 0 spiro atoms. The van der Waals surface area contributed by atoms with Crippen LogP contribution in [0.25, 0.3) is 0 Å². The van der Waals surface area contributed by atoms with E-state index >= 15 is 0 Å². The van der Waals surface area contributed by atoms with Gasteiger partial charge in [0.1, 0.15) is 5.76 Å². The zero-order valence-electron chi connectivity index (χ0n) is 19.9. The maximum atomic E-state index is 12.8. The predicted octanol–water partition coefficient (Wildman–Crippen LogP) is 6.05. The summed E-state index contributed by atoms with van der Waals surface area (Å²) in [7, 11) is 1.53. The van der Waals surface area contributed by atoms with Crippen LogP contribution in [0.4, 0.5) is 0 Å². The first-order valence-electron chi connectivity index (χ1n) is 11.6. The predicted molar refractivity (Wildman–Crippen MR) is 121 cm³/mol. The third-order valence-corrected chi connectivity index (χ3v) is 7.99. The van der Waals surface area contributed by atoms with Gasteiger partial charge in [0.05, 0.1) is 25.3 Å². The lowest BCUT2D eigenvalue weighted by Gasteiger charge is -2.57. The van der Waals surface area contributed by atoms with Crippen molar-refractivity contribution in [3.05, 3.63) is 35.8 Å². The Balaban J connectivity index is 1.77. The highest BCUT2D eigenvalue weighted by Gasteiger charge is 2.57. The Kier molecular flexibility index (Phi) is 6.57. The van der Waals surface area contributed by atoms with Gasteiger partial charge in [-0.15, -0.1) is 0 Å². The third-order valence-electron chi connectivity index (χ3n) is 7.99. The first-order chi connectivity index (χ1) is 14.0. The Hall–Kier alpha value is -1.55. The number of hydrogen-bond acceptors (Lipinski definition) is 4. The number of rotatable bonds is 6. The van der Waals surface area contributed by atoms with Crippen molar-refractivity contribution in [2.45, 2.75) is 91.6 Å². The van der Waals surface area contributed by atoms with Crippen LogP contribution in [0.5, 0.6) is 0 Å². The molecule has 4 heteroatoms. The SMILES string of the molecule is C=C1CC[C@@H]2[C@](C)(CCC[C@]2(C)C(=O)OC)[C@H]1CCc1ccoc1CNC(C)(C)C. The molecule has 0 aliphatic heterocycles. The molecule has 2 saturated carbocycles. The van der Waals surface area contributed by atoms with Crippen LogP contribution < -0.4 is 5.32 Å². The number of methoxy groups -OCH3 is 1. The Morgan fingerprint density at radius 3 is 2.73 bits per heavy atom. The van der Waals surface area contributed by atoms with Gasteiger partial charge in [0, 0.05) is 5.54 Å². The molecule has 1 aromatic rings. The second-order valence-electron chi connectivity index (χ2n) is 11.1. The van der Waals surface area contributed by atoms with Gasteiger partial charge < -0.3 is 14.5 Å². The molecule has 2 aliphatic rings. The fourth-order valence-corrected chi connectivity index (χ4v) is 6.35. The Morgan fingerprint density at radius 1 is 1.33 bits per heavy atom. The number of carbonyl (C=O) groups excluding carboxylic acids is 1. The van der Waals surface area contributed by atoms with Crippen LogP contribution in [-0.2, 0) is 22.5 Å². The van der Waals surface area contributed by atoms with Crippen molar-refractivity contribution in [3.63, 3.8) is 0 Å². The number of aryl methyl sites for hydroxylation is 1. The summed E-state index contributed by atoms with van der Waals surface area (Å²) in [6.07, 6.45) is 9.09. The van der Waals surface area contributed by atoms with Crippen molar-refractivity contribution in [2.24, 2.45) is 22.7 Å². The summed E-state index contributed by atoms with van der Waals surface area (Å²) in [5.74, 6) is 1.79. The highest BCUT2D eigenvalue weighted by molar-refractivity contribution is 5.77. The van der Waals surface area contributed by atoms with E-state index in [0.717, 1.165) is 57.3 Å². The van der Waals surface area contributed by atoms with Crippen molar-refractivity contribution in [2.75, 3.05) is 7.11 Å². The van der Waals surface area contributed by atoms with Crippen LogP contribution in [0.1, 0.15) is 84.5 Å². The van der Waals surface area contributed by atoms with E-state index < -0.39 is 0 Å². The summed E-state index contributed by atoms with van der Waals surface area (Å²) in [6.45, 7) is 16.3. The minimum absolute atomic E-state index is 0.0323. The van der Waals surface area contributed by atoms with Gasteiger partial charge >= 0.3 is 5.97 Å². The molecule has 1 aromatic heterocycles. The smallest absolute Gasteiger partial charge is 0.311 e. The molecule has 1 heterocycles. The highest BCUT2D eigenvalue weighted by Crippen LogP contribution is 2.62. The minimum Gasteiger partial charge on any atom is -0.469 e. The van der Waals surface area contributed by atoms with Gasteiger partial charge in [0.2, 0.25) is 0 Å². The Bertz CT molecular complexity index is 773. The van der Waals surface area contributed by atoms with Gasteiger partial charge in [-0.05, 0) is 95.1 Å². The summed E-state index contributed by atoms with van der Waals surface area (Å²) in [4.78, 5) is 12.8. The topological polar surface area (TPSA) is 51.5 Å². The van der Waals surface area contributed by atoms with E-state index in [0.29, 0.717) is 11.8 Å². The van der Waals surface area contributed by atoms with Gasteiger partial charge in [-0.3, -0.25) is 4.79 Å². The van der Waals surface area contributed by atoms with Crippen LogP contribution in [0.3, 0.4) is 0 Å². The molecular formula is C26H41NO3. The second-order valence-corrected chi connectivity index (χ2v) is 11.1. The number of esters is 1.